The fraction of sp³-hybridized carbons (Fsp3) is 0.370. The van der Waals surface area contributed by atoms with Gasteiger partial charge in [0.25, 0.3) is 0 Å². The molecule has 33 heavy (non-hydrogen) atoms. The summed E-state index contributed by atoms with van der Waals surface area (Å²) in [6.07, 6.45) is 6.49. The topological polar surface area (TPSA) is 76.7 Å². The average molecular weight is 458 g/mol. The molecule has 2 aromatic heterocycles. The van der Waals surface area contributed by atoms with E-state index < -0.39 is 0 Å². The summed E-state index contributed by atoms with van der Waals surface area (Å²) >= 11 is 1.67. The summed E-state index contributed by atoms with van der Waals surface area (Å²) in [6, 6.07) is 17.3. The molecule has 5 nitrogen and oxygen atoms in total. The van der Waals surface area contributed by atoms with Gasteiger partial charge < -0.3 is 11.1 Å². The van der Waals surface area contributed by atoms with Gasteiger partial charge in [-0.1, -0.05) is 50.2 Å². The first-order valence-corrected chi connectivity index (χ1v) is 12.8. The van der Waals surface area contributed by atoms with E-state index in [1.165, 1.54) is 28.7 Å². The van der Waals surface area contributed by atoms with Crippen LogP contribution >= 0.6 is 11.3 Å². The Kier molecular flexibility index (Phi) is 6.27. The smallest absolute Gasteiger partial charge is 0.225 e. The minimum absolute atomic E-state index is 0.408. The maximum Gasteiger partial charge on any atom is 0.225 e. The third kappa shape index (κ3) is 4.86. The molecule has 1 saturated carbocycles. The monoisotopic (exact) mass is 457 g/mol. The van der Waals surface area contributed by atoms with Crippen molar-refractivity contribution in [3.05, 3.63) is 65.4 Å². The lowest BCUT2D eigenvalue weighted by molar-refractivity contribution is 0.360. The zero-order chi connectivity index (χ0) is 22.8. The number of hydrogen-bond donors (Lipinski definition) is 2. The average Bonchev–Trinajstić information content (AvgIpc) is 3.23. The van der Waals surface area contributed by atoms with Crippen LogP contribution in [0.25, 0.3) is 20.8 Å². The van der Waals surface area contributed by atoms with Gasteiger partial charge in [0.05, 0.1) is 21.5 Å². The minimum atomic E-state index is 0.408. The first-order chi connectivity index (χ1) is 16.1. The number of aryl methyl sites for hydroxylation is 1. The summed E-state index contributed by atoms with van der Waals surface area (Å²) in [4.78, 5) is 14.6. The fourth-order valence-electron chi connectivity index (χ4n) is 4.62. The second kappa shape index (κ2) is 9.48. The summed E-state index contributed by atoms with van der Waals surface area (Å²) < 4.78 is 1.17. The molecule has 0 aliphatic heterocycles. The Morgan fingerprint density at radius 3 is 2.52 bits per heavy atom. The van der Waals surface area contributed by atoms with Gasteiger partial charge in [-0.3, -0.25) is 0 Å². The number of rotatable bonds is 6. The summed E-state index contributed by atoms with van der Waals surface area (Å²) in [6.45, 7) is 4.50. The molecule has 4 aromatic rings. The van der Waals surface area contributed by atoms with Crippen molar-refractivity contribution in [2.45, 2.75) is 58.4 Å². The van der Waals surface area contributed by atoms with Crippen molar-refractivity contribution >= 4 is 33.3 Å². The Labute approximate surface area is 199 Å². The quantitative estimate of drug-likeness (QED) is 0.346. The van der Waals surface area contributed by atoms with Crippen LogP contribution in [0.5, 0.6) is 0 Å². The molecule has 1 fully saturated rings. The minimum Gasteiger partial charge on any atom is -0.383 e. The predicted molar refractivity (Wildman–Crippen MR) is 139 cm³/mol. The molecule has 3 N–H and O–H groups in total. The first-order valence-electron chi connectivity index (χ1n) is 12.0. The molecule has 6 heteroatoms. The number of nitrogen functional groups attached to an aromatic ring is 1. The van der Waals surface area contributed by atoms with E-state index in [1.807, 2.05) is 6.07 Å². The number of benzene rings is 2. The molecule has 0 bridgehead atoms. The molecule has 0 radical (unpaired) electrons. The van der Waals surface area contributed by atoms with E-state index >= 15 is 0 Å². The molecule has 2 heterocycles. The third-order valence-electron chi connectivity index (χ3n) is 6.65. The van der Waals surface area contributed by atoms with Gasteiger partial charge in [-0.15, -0.1) is 11.3 Å². The number of nitrogens with two attached hydrogens (primary N) is 1. The van der Waals surface area contributed by atoms with Gasteiger partial charge in [0.1, 0.15) is 10.8 Å². The van der Waals surface area contributed by atoms with Gasteiger partial charge in [0.15, 0.2) is 0 Å². The molecular weight excluding hydrogens is 426 g/mol. The molecule has 0 atom stereocenters. The highest BCUT2D eigenvalue weighted by Crippen LogP contribution is 2.37. The van der Waals surface area contributed by atoms with Gasteiger partial charge in [0.2, 0.25) is 5.95 Å². The number of thiazole rings is 1. The second-order valence-corrected chi connectivity index (χ2v) is 10.2. The Hall–Kier alpha value is -2.99. The highest BCUT2D eigenvalue weighted by Gasteiger charge is 2.22. The van der Waals surface area contributed by atoms with E-state index in [1.54, 1.807) is 11.3 Å². The first kappa shape index (κ1) is 21.8. The number of fused-ring (bicyclic) bond motifs is 1. The Balaban J connectivity index is 1.54. The lowest BCUT2D eigenvalue weighted by Gasteiger charge is -2.27. The molecular formula is C27H31N5S. The van der Waals surface area contributed by atoms with Crippen molar-refractivity contribution in [3.63, 3.8) is 0 Å². The van der Waals surface area contributed by atoms with Crippen LogP contribution in [0.2, 0.25) is 0 Å². The highest BCUT2D eigenvalue weighted by atomic mass is 32.1. The van der Waals surface area contributed by atoms with Crippen molar-refractivity contribution in [1.29, 1.82) is 0 Å². The maximum absolute atomic E-state index is 6.59. The van der Waals surface area contributed by atoms with Crippen molar-refractivity contribution < 1.29 is 0 Å². The van der Waals surface area contributed by atoms with Crippen LogP contribution in [0.1, 0.15) is 56.4 Å². The Bertz CT molecular complexity index is 1240. The van der Waals surface area contributed by atoms with Crippen molar-refractivity contribution in [2.75, 3.05) is 11.1 Å². The van der Waals surface area contributed by atoms with Crippen LogP contribution in [0.4, 0.5) is 11.8 Å². The number of aromatic nitrogens is 3. The van der Waals surface area contributed by atoms with Crippen LogP contribution in [-0.4, -0.2) is 21.0 Å². The molecule has 1 aliphatic carbocycles. The predicted octanol–water partition coefficient (Wildman–Crippen LogP) is 6.48. The van der Waals surface area contributed by atoms with Crippen LogP contribution in [0, 0.1) is 5.92 Å². The number of nitrogens with one attached hydrogen (secondary N) is 1. The zero-order valence-electron chi connectivity index (χ0n) is 19.3. The molecule has 0 unspecified atom stereocenters. The standard InChI is InChI=1S/C27H31N5S/c1-3-18-11-14-21-23(16-18)33-26(30-21)24-22(15-19-7-5-4-6-8-19)31-27(32-25(24)28)29-20-12-9-17(2)10-13-20/h4-8,11,14,16-17,20H,3,9-10,12-13,15H2,1-2H3,(H3,28,29,31,32)/t17-,20-. The van der Waals surface area contributed by atoms with E-state index in [2.05, 4.69) is 61.6 Å². The Morgan fingerprint density at radius 1 is 0.970 bits per heavy atom. The van der Waals surface area contributed by atoms with Crippen LogP contribution in [0.15, 0.2) is 48.5 Å². The van der Waals surface area contributed by atoms with Crippen molar-refractivity contribution in [3.8, 4) is 10.6 Å². The van der Waals surface area contributed by atoms with Crippen LogP contribution < -0.4 is 11.1 Å². The van der Waals surface area contributed by atoms with Gasteiger partial charge in [0, 0.05) is 12.5 Å². The lowest BCUT2D eigenvalue weighted by Crippen LogP contribution is -2.26. The van der Waals surface area contributed by atoms with Gasteiger partial charge in [-0.05, 0) is 61.3 Å². The summed E-state index contributed by atoms with van der Waals surface area (Å²) in [5, 5.41) is 4.46. The zero-order valence-corrected chi connectivity index (χ0v) is 20.2. The van der Waals surface area contributed by atoms with E-state index in [0.717, 1.165) is 47.0 Å². The second-order valence-electron chi connectivity index (χ2n) is 9.19. The third-order valence-corrected chi connectivity index (χ3v) is 7.69. The van der Waals surface area contributed by atoms with Crippen LogP contribution in [0.3, 0.4) is 0 Å². The lowest BCUT2D eigenvalue weighted by atomic mass is 9.87. The largest absolute Gasteiger partial charge is 0.383 e. The van der Waals surface area contributed by atoms with Crippen molar-refractivity contribution in [2.24, 2.45) is 5.92 Å². The van der Waals surface area contributed by atoms with Crippen molar-refractivity contribution in [1.82, 2.24) is 15.0 Å². The molecule has 1 aliphatic rings. The van der Waals surface area contributed by atoms with E-state index in [4.69, 9.17) is 20.7 Å². The normalized spacial score (nSPS) is 18.5. The summed E-state index contributed by atoms with van der Waals surface area (Å²) in [5.74, 6) is 1.94. The Morgan fingerprint density at radius 2 is 1.76 bits per heavy atom. The number of anilines is 2. The van der Waals surface area contributed by atoms with Gasteiger partial charge in [-0.2, -0.15) is 4.98 Å². The fourth-order valence-corrected chi connectivity index (χ4v) is 5.73. The van der Waals surface area contributed by atoms with Crippen LogP contribution in [-0.2, 0) is 12.8 Å². The van der Waals surface area contributed by atoms with Gasteiger partial charge in [-0.25, -0.2) is 9.97 Å². The molecule has 0 spiro atoms. The molecule has 2 aromatic carbocycles. The molecule has 170 valence electrons. The molecule has 5 rings (SSSR count). The summed E-state index contributed by atoms with van der Waals surface area (Å²) in [7, 11) is 0. The maximum atomic E-state index is 6.59. The SMILES string of the molecule is CCc1ccc2nc(-c3c(N)nc(N[C@H]4CC[C@H](C)CC4)nc3Cc3ccccc3)sc2c1. The molecule has 0 amide bonds. The summed E-state index contributed by atoms with van der Waals surface area (Å²) in [5.41, 5.74) is 11.9. The number of nitrogens with zero attached hydrogens (tertiary/aromatic N) is 3. The van der Waals surface area contributed by atoms with Gasteiger partial charge >= 0.3 is 0 Å². The highest BCUT2D eigenvalue weighted by molar-refractivity contribution is 7.21. The van der Waals surface area contributed by atoms with E-state index in [-0.39, 0.29) is 0 Å². The number of hydrogen-bond acceptors (Lipinski definition) is 6. The van der Waals surface area contributed by atoms with E-state index in [0.29, 0.717) is 24.2 Å². The van der Waals surface area contributed by atoms with E-state index in [9.17, 15) is 0 Å². The molecule has 0 saturated heterocycles.